The van der Waals surface area contributed by atoms with Gasteiger partial charge in [0.05, 0.1) is 0 Å². The molecule has 2 N–H and O–H groups in total. The van der Waals surface area contributed by atoms with E-state index in [1.54, 1.807) is 6.20 Å². The van der Waals surface area contributed by atoms with Gasteiger partial charge in [-0.05, 0) is 43.2 Å². The number of nitrogens with zero attached hydrogens (tertiary/aromatic N) is 2. The van der Waals surface area contributed by atoms with Crippen molar-refractivity contribution < 1.29 is 4.79 Å². The highest BCUT2D eigenvalue weighted by Gasteiger charge is 2.06. The molecule has 1 aromatic carbocycles. The van der Waals surface area contributed by atoms with Crippen molar-refractivity contribution in [2.45, 2.75) is 19.9 Å². The fraction of sp³-hybridized carbons (Fsp3) is 0.333. The van der Waals surface area contributed by atoms with Crippen molar-refractivity contribution in [3.63, 3.8) is 0 Å². The SMILES string of the molecule is CNc1ccc(C(=O)NCCCn2cccn2)cc1C. The largest absolute Gasteiger partial charge is 0.388 e. The summed E-state index contributed by atoms with van der Waals surface area (Å²) < 4.78 is 1.86. The number of aryl methyl sites for hydroxylation is 2. The third-order valence-electron chi connectivity index (χ3n) is 3.17. The fourth-order valence-electron chi connectivity index (χ4n) is 2.06. The maximum Gasteiger partial charge on any atom is 0.251 e. The van der Waals surface area contributed by atoms with Gasteiger partial charge in [0.1, 0.15) is 0 Å². The molecule has 1 amide bonds. The number of anilines is 1. The van der Waals surface area contributed by atoms with Crippen LogP contribution in [0.15, 0.2) is 36.7 Å². The molecule has 0 radical (unpaired) electrons. The molecule has 0 aliphatic heterocycles. The Morgan fingerprint density at radius 3 is 2.90 bits per heavy atom. The summed E-state index contributed by atoms with van der Waals surface area (Å²) in [5.74, 6) is -0.0313. The molecular formula is C15H20N4O. The van der Waals surface area contributed by atoms with Gasteiger partial charge in [0.15, 0.2) is 0 Å². The molecule has 20 heavy (non-hydrogen) atoms. The van der Waals surface area contributed by atoms with Crippen LogP contribution in [0.3, 0.4) is 0 Å². The monoisotopic (exact) mass is 272 g/mol. The Kier molecular flexibility index (Phi) is 4.76. The standard InChI is InChI=1S/C15H20N4O/c1-12-11-13(5-6-14(12)16-2)15(20)17-7-3-9-19-10-4-8-18-19/h4-6,8,10-11,16H,3,7,9H2,1-2H3,(H,17,20). The van der Waals surface area contributed by atoms with E-state index >= 15 is 0 Å². The second kappa shape index (κ2) is 6.75. The maximum absolute atomic E-state index is 12.0. The van der Waals surface area contributed by atoms with Gasteiger partial charge < -0.3 is 10.6 Å². The number of rotatable bonds is 6. The van der Waals surface area contributed by atoms with Gasteiger partial charge >= 0.3 is 0 Å². The van der Waals surface area contributed by atoms with Gasteiger partial charge in [0, 0.05) is 43.8 Å². The van der Waals surface area contributed by atoms with Crippen LogP contribution in [0.2, 0.25) is 0 Å². The lowest BCUT2D eigenvalue weighted by molar-refractivity contribution is 0.0952. The first-order valence-corrected chi connectivity index (χ1v) is 6.75. The van der Waals surface area contributed by atoms with E-state index in [1.807, 2.05) is 49.1 Å². The molecule has 0 saturated heterocycles. The predicted molar refractivity (Wildman–Crippen MR) is 79.9 cm³/mol. The molecule has 0 unspecified atom stereocenters. The summed E-state index contributed by atoms with van der Waals surface area (Å²) in [6.07, 6.45) is 4.54. The van der Waals surface area contributed by atoms with Gasteiger partial charge in [-0.2, -0.15) is 5.10 Å². The Labute approximate surface area is 119 Å². The Hall–Kier alpha value is -2.30. The van der Waals surface area contributed by atoms with Crippen molar-refractivity contribution in [1.82, 2.24) is 15.1 Å². The number of aromatic nitrogens is 2. The maximum atomic E-state index is 12.0. The van der Waals surface area contributed by atoms with E-state index < -0.39 is 0 Å². The number of benzene rings is 1. The van der Waals surface area contributed by atoms with E-state index in [2.05, 4.69) is 15.7 Å². The highest BCUT2D eigenvalue weighted by atomic mass is 16.1. The summed E-state index contributed by atoms with van der Waals surface area (Å²) in [6, 6.07) is 7.55. The van der Waals surface area contributed by atoms with E-state index in [9.17, 15) is 4.79 Å². The Morgan fingerprint density at radius 2 is 2.25 bits per heavy atom. The second-order valence-corrected chi connectivity index (χ2v) is 4.66. The van der Waals surface area contributed by atoms with E-state index in [0.29, 0.717) is 12.1 Å². The Morgan fingerprint density at radius 1 is 1.40 bits per heavy atom. The van der Waals surface area contributed by atoms with Crippen LogP contribution in [0.25, 0.3) is 0 Å². The molecule has 0 saturated carbocycles. The molecule has 0 fully saturated rings. The van der Waals surface area contributed by atoms with E-state index in [0.717, 1.165) is 24.2 Å². The number of carbonyl (C=O) groups is 1. The lowest BCUT2D eigenvalue weighted by Crippen LogP contribution is -2.25. The molecule has 2 rings (SSSR count). The number of hydrogen-bond donors (Lipinski definition) is 2. The zero-order valence-corrected chi connectivity index (χ0v) is 11.9. The van der Waals surface area contributed by atoms with Gasteiger partial charge in [-0.15, -0.1) is 0 Å². The quantitative estimate of drug-likeness (QED) is 0.791. The summed E-state index contributed by atoms with van der Waals surface area (Å²) in [5, 5.41) is 10.1. The summed E-state index contributed by atoms with van der Waals surface area (Å²) in [6.45, 7) is 3.44. The van der Waals surface area contributed by atoms with Crippen LogP contribution < -0.4 is 10.6 Å². The van der Waals surface area contributed by atoms with E-state index in [4.69, 9.17) is 0 Å². The first kappa shape index (κ1) is 14.1. The molecule has 5 nitrogen and oxygen atoms in total. The Bertz CT molecular complexity index is 563. The van der Waals surface area contributed by atoms with Crippen molar-refractivity contribution in [1.29, 1.82) is 0 Å². The first-order chi connectivity index (χ1) is 9.70. The lowest BCUT2D eigenvalue weighted by Gasteiger charge is -2.09. The van der Waals surface area contributed by atoms with Crippen molar-refractivity contribution in [2.24, 2.45) is 0 Å². The minimum absolute atomic E-state index is 0.0313. The molecule has 5 heteroatoms. The molecule has 0 aliphatic carbocycles. The van der Waals surface area contributed by atoms with Crippen LogP contribution in [0, 0.1) is 6.92 Å². The zero-order chi connectivity index (χ0) is 14.4. The average molecular weight is 272 g/mol. The van der Waals surface area contributed by atoms with Crippen molar-refractivity contribution in [2.75, 3.05) is 18.9 Å². The first-order valence-electron chi connectivity index (χ1n) is 6.75. The normalized spacial score (nSPS) is 10.3. The third kappa shape index (κ3) is 3.60. The van der Waals surface area contributed by atoms with Gasteiger partial charge in [0.25, 0.3) is 5.91 Å². The number of amides is 1. The third-order valence-corrected chi connectivity index (χ3v) is 3.17. The van der Waals surface area contributed by atoms with Gasteiger partial charge in [-0.3, -0.25) is 9.48 Å². The molecular weight excluding hydrogens is 252 g/mol. The summed E-state index contributed by atoms with van der Waals surface area (Å²) >= 11 is 0. The van der Waals surface area contributed by atoms with Crippen LogP contribution in [-0.2, 0) is 6.54 Å². The predicted octanol–water partition coefficient (Wildman–Crippen LogP) is 2.05. The second-order valence-electron chi connectivity index (χ2n) is 4.66. The molecule has 1 heterocycles. The molecule has 0 spiro atoms. The summed E-state index contributed by atoms with van der Waals surface area (Å²) in [7, 11) is 1.87. The van der Waals surface area contributed by atoms with Crippen LogP contribution in [0.5, 0.6) is 0 Å². The van der Waals surface area contributed by atoms with Gasteiger partial charge in [-0.25, -0.2) is 0 Å². The van der Waals surface area contributed by atoms with Gasteiger partial charge in [0.2, 0.25) is 0 Å². The molecule has 0 bridgehead atoms. The molecule has 106 valence electrons. The van der Waals surface area contributed by atoms with Crippen LogP contribution >= 0.6 is 0 Å². The van der Waals surface area contributed by atoms with Crippen LogP contribution in [0.4, 0.5) is 5.69 Å². The van der Waals surface area contributed by atoms with Crippen LogP contribution in [0.1, 0.15) is 22.3 Å². The fourth-order valence-corrected chi connectivity index (χ4v) is 2.06. The highest BCUT2D eigenvalue weighted by Crippen LogP contribution is 2.15. The van der Waals surface area contributed by atoms with Gasteiger partial charge in [-0.1, -0.05) is 0 Å². The molecule has 1 aromatic heterocycles. The number of nitrogens with one attached hydrogen (secondary N) is 2. The Balaban J connectivity index is 1.81. The van der Waals surface area contributed by atoms with E-state index in [-0.39, 0.29) is 5.91 Å². The van der Waals surface area contributed by atoms with Crippen molar-refractivity contribution in [3.05, 3.63) is 47.8 Å². The molecule has 2 aromatic rings. The van der Waals surface area contributed by atoms with Crippen molar-refractivity contribution in [3.8, 4) is 0 Å². The van der Waals surface area contributed by atoms with Crippen LogP contribution in [-0.4, -0.2) is 29.3 Å². The molecule has 0 atom stereocenters. The van der Waals surface area contributed by atoms with E-state index in [1.165, 1.54) is 0 Å². The topological polar surface area (TPSA) is 59.0 Å². The molecule has 0 aliphatic rings. The average Bonchev–Trinajstić information content (AvgIpc) is 2.96. The lowest BCUT2D eigenvalue weighted by atomic mass is 10.1. The zero-order valence-electron chi connectivity index (χ0n) is 11.9. The highest BCUT2D eigenvalue weighted by molar-refractivity contribution is 5.94. The van der Waals surface area contributed by atoms with Crippen molar-refractivity contribution >= 4 is 11.6 Å². The number of hydrogen-bond acceptors (Lipinski definition) is 3. The minimum atomic E-state index is -0.0313. The summed E-state index contributed by atoms with van der Waals surface area (Å²) in [5.41, 5.74) is 2.80. The number of carbonyl (C=O) groups excluding carboxylic acids is 1. The summed E-state index contributed by atoms with van der Waals surface area (Å²) in [4.78, 5) is 12.0. The minimum Gasteiger partial charge on any atom is -0.388 e. The smallest absolute Gasteiger partial charge is 0.251 e.